The molecule has 24 heavy (non-hydrogen) atoms. The number of hydrogen-bond acceptors (Lipinski definition) is 5. The first kappa shape index (κ1) is 18.1. The number of aliphatic hydroxyl groups excluding tert-OH is 1. The molecule has 0 bridgehead atoms. The molecule has 6 heteroatoms. The van der Waals surface area contributed by atoms with Crippen molar-refractivity contribution in [2.24, 2.45) is 0 Å². The lowest BCUT2D eigenvalue weighted by Crippen LogP contribution is -2.60. The Morgan fingerprint density at radius 3 is 2.58 bits per heavy atom. The van der Waals surface area contributed by atoms with Crippen LogP contribution in [0.3, 0.4) is 0 Å². The van der Waals surface area contributed by atoms with E-state index in [1.165, 1.54) is 32.1 Å². The summed E-state index contributed by atoms with van der Waals surface area (Å²) < 4.78 is 5.51. The Labute approximate surface area is 145 Å². The lowest BCUT2D eigenvalue weighted by Gasteiger charge is -2.48. The fourth-order valence-electron chi connectivity index (χ4n) is 4.55. The normalized spacial score (nSPS) is 29.3. The van der Waals surface area contributed by atoms with Crippen LogP contribution in [0.1, 0.15) is 44.9 Å². The van der Waals surface area contributed by atoms with E-state index in [2.05, 4.69) is 15.1 Å². The van der Waals surface area contributed by atoms with Crippen molar-refractivity contribution >= 4 is 5.91 Å². The third kappa shape index (κ3) is 4.69. The summed E-state index contributed by atoms with van der Waals surface area (Å²) in [6.45, 7) is 6.28. The van der Waals surface area contributed by atoms with Gasteiger partial charge >= 0.3 is 0 Å². The van der Waals surface area contributed by atoms with Crippen LogP contribution in [0.15, 0.2) is 0 Å². The molecule has 0 aromatic carbocycles. The number of rotatable bonds is 5. The standard InChI is InChI=1S/C18H33N3O3/c22-16-5-4-8-20(13-16)14-17(23)19-15-18(6-2-1-3-7-18)21-9-11-24-12-10-21/h16,22H,1-15H2,(H,19,23)/t16-/m0/s1. The molecule has 3 rings (SSSR count). The number of likely N-dealkylation sites (tertiary alicyclic amines) is 1. The van der Waals surface area contributed by atoms with Gasteiger partial charge in [-0.2, -0.15) is 0 Å². The van der Waals surface area contributed by atoms with Crippen LogP contribution in [-0.4, -0.2) is 84.9 Å². The molecule has 0 aromatic rings. The van der Waals surface area contributed by atoms with Crippen molar-refractivity contribution in [2.45, 2.75) is 56.6 Å². The van der Waals surface area contributed by atoms with E-state index in [4.69, 9.17) is 4.74 Å². The second-order valence-corrected chi connectivity index (χ2v) is 7.69. The highest BCUT2D eigenvalue weighted by Crippen LogP contribution is 2.33. The summed E-state index contributed by atoms with van der Waals surface area (Å²) in [4.78, 5) is 17.0. The molecule has 3 aliphatic rings. The molecule has 6 nitrogen and oxygen atoms in total. The summed E-state index contributed by atoms with van der Waals surface area (Å²) >= 11 is 0. The molecular weight excluding hydrogens is 306 g/mol. The second kappa shape index (κ2) is 8.61. The van der Waals surface area contributed by atoms with E-state index in [1.807, 2.05) is 0 Å². The first-order valence-electron chi connectivity index (χ1n) is 9.68. The number of nitrogens with zero attached hydrogens (tertiary/aromatic N) is 2. The average Bonchev–Trinajstić information content (AvgIpc) is 2.62. The predicted octanol–water partition coefficient (Wildman–Crippen LogP) is 0.594. The highest BCUT2D eigenvalue weighted by molar-refractivity contribution is 5.78. The molecule has 0 spiro atoms. The monoisotopic (exact) mass is 339 g/mol. The highest BCUT2D eigenvalue weighted by atomic mass is 16.5. The maximum absolute atomic E-state index is 12.4. The third-order valence-corrected chi connectivity index (χ3v) is 5.93. The number of nitrogens with one attached hydrogen (secondary N) is 1. The molecule has 2 saturated heterocycles. The number of amides is 1. The van der Waals surface area contributed by atoms with Gasteiger partial charge in [0.15, 0.2) is 0 Å². The van der Waals surface area contributed by atoms with Crippen LogP contribution in [0.5, 0.6) is 0 Å². The molecule has 3 fully saturated rings. The minimum Gasteiger partial charge on any atom is -0.392 e. The summed E-state index contributed by atoms with van der Waals surface area (Å²) in [5.74, 6) is 0.0994. The van der Waals surface area contributed by atoms with Crippen molar-refractivity contribution in [1.29, 1.82) is 0 Å². The molecular formula is C18H33N3O3. The van der Waals surface area contributed by atoms with Crippen LogP contribution in [0.2, 0.25) is 0 Å². The Kier molecular flexibility index (Phi) is 6.49. The summed E-state index contributed by atoms with van der Waals surface area (Å²) in [7, 11) is 0. The van der Waals surface area contributed by atoms with E-state index in [9.17, 15) is 9.90 Å². The third-order valence-electron chi connectivity index (χ3n) is 5.93. The van der Waals surface area contributed by atoms with Crippen LogP contribution < -0.4 is 5.32 Å². The molecule has 1 amide bonds. The first-order valence-corrected chi connectivity index (χ1v) is 9.68. The van der Waals surface area contributed by atoms with Gasteiger partial charge in [-0.05, 0) is 32.2 Å². The molecule has 1 atom stereocenters. The average molecular weight is 339 g/mol. The molecule has 2 N–H and O–H groups in total. The molecule has 138 valence electrons. The number of β-amino-alcohol motifs (C(OH)–C–C–N with tert-alkyl or cyclic N) is 1. The van der Waals surface area contributed by atoms with E-state index >= 15 is 0 Å². The summed E-state index contributed by atoms with van der Waals surface area (Å²) in [5, 5.41) is 13.0. The van der Waals surface area contributed by atoms with Gasteiger partial charge < -0.3 is 15.2 Å². The maximum Gasteiger partial charge on any atom is 0.234 e. The number of carbonyl (C=O) groups is 1. The molecule has 2 heterocycles. The minimum absolute atomic E-state index is 0.0994. The number of ether oxygens (including phenoxy) is 1. The first-order chi connectivity index (χ1) is 11.7. The van der Waals surface area contributed by atoms with Gasteiger partial charge in [-0.3, -0.25) is 14.6 Å². The van der Waals surface area contributed by atoms with Crippen LogP contribution in [0.4, 0.5) is 0 Å². The maximum atomic E-state index is 12.4. The van der Waals surface area contributed by atoms with E-state index < -0.39 is 0 Å². The van der Waals surface area contributed by atoms with Crippen molar-refractivity contribution < 1.29 is 14.6 Å². The fourth-order valence-corrected chi connectivity index (χ4v) is 4.55. The molecule has 0 aromatic heterocycles. The Morgan fingerprint density at radius 2 is 1.88 bits per heavy atom. The quantitative estimate of drug-likeness (QED) is 0.768. The number of aliphatic hydroxyl groups is 1. The molecule has 0 unspecified atom stereocenters. The van der Waals surface area contributed by atoms with Crippen LogP contribution >= 0.6 is 0 Å². The summed E-state index contributed by atoms with van der Waals surface area (Å²) in [5.41, 5.74) is 0.124. The predicted molar refractivity (Wildman–Crippen MR) is 92.9 cm³/mol. The van der Waals surface area contributed by atoms with Gasteiger partial charge in [-0.15, -0.1) is 0 Å². The lowest BCUT2D eigenvalue weighted by atomic mass is 9.79. The smallest absolute Gasteiger partial charge is 0.234 e. The van der Waals surface area contributed by atoms with Gasteiger partial charge in [0.1, 0.15) is 0 Å². The van der Waals surface area contributed by atoms with Gasteiger partial charge in [-0.1, -0.05) is 19.3 Å². The number of piperidine rings is 1. The molecule has 1 saturated carbocycles. The van der Waals surface area contributed by atoms with Crippen LogP contribution in [-0.2, 0) is 9.53 Å². The second-order valence-electron chi connectivity index (χ2n) is 7.69. The summed E-state index contributed by atoms with van der Waals surface area (Å²) in [6.07, 6.45) is 7.74. The number of carbonyl (C=O) groups excluding carboxylic acids is 1. The van der Waals surface area contributed by atoms with Crippen molar-refractivity contribution in [3.8, 4) is 0 Å². The molecule has 2 aliphatic heterocycles. The Bertz CT molecular complexity index is 406. The van der Waals surface area contributed by atoms with E-state index in [-0.39, 0.29) is 17.6 Å². The zero-order valence-corrected chi connectivity index (χ0v) is 14.8. The fraction of sp³-hybridized carbons (Fsp3) is 0.944. The topological polar surface area (TPSA) is 65.0 Å². The van der Waals surface area contributed by atoms with Gasteiger partial charge in [0, 0.05) is 31.7 Å². The Balaban J connectivity index is 1.52. The van der Waals surface area contributed by atoms with Crippen molar-refractivity contribution in [3.63, 3.8) is 0 Å². The SMILES string of the molecule is O=C(CN1CCC[C@H](O)C1)NCC1(N2CCOCC2)CCCCC1. The van der Waals surface area contributed by atoms with Crippen molar-refractivity contribution in [2.75, 3.05) is 52.5 Å². The van der Waals surface area contributed by atoms with E-state index in [0.29, 0.717) is 13.1 Å². The molecule has 0 radical (unpaired) electrons. The number of hydrogen-bond donors (Lipinski definition) is 2. The number of morpholine rings is 1. The van der Waals surface area contributed by atoms with Crippen LogP contribution in [0, 0.1) is 0 Å². The summed E-state index contributed by atoms with van der Waals surface area (Å²) in [6, 6.07) is 0. The van der Waals surface area contributed by atoms with Gasteiger partial charge in [0.25, 0.3) is 0 Å². The Hall–Kier alpha value is -0.690. The zero-order valence-electron chi connectivity index (χ0n) is 14.8. The Morgan fingerprint density at radius 1 is 1.12 bits per heavy atom. The van der Waals surface area contributed by atoms with Crippen LogP contribution in [0.25, 0.3) is 0 Å². The lowest BCUT2D eigenvalue weighted by molar-refractivity contribution is -0.124. The molecule has 1 aliphatic carbocycles. The van der Waals surface area contributed by atoms with E-state index in [0.717, 1.165) is 52.2 Å². The largest absolute Gasteiger partial charge is 0.392 e. The zero-order chi connectivity index (χ0) is 16.8. The van der Waals surface area contributed by atoms with Gasteiger partial charge in [-0.25, -0.2) is 0 Å². The van der Waals surface area contributed by atoms with Gasteiger partial charge in [0.2, 0.25) is 5.91 Å². The highest BCUT2D eigenvalue weighted by Gasteiger charge is 2.38. The van der Waals surface area contributed by atoms with E-state index in [1.54, 1.807) is 0 Å². The van der Waals surface area contributed by atoms with Crippen molar-refractivity contribution in [3.05, 3.63) is 0 Å². The van der Waals surface area contributed by atoms with Crippen molar-refractivity contribution in [1.82, 2.24) is 15.1 Å². The van der Waals surface area contributed by atoms with Gasteiger partial charge in [0.05, 0.1) is 25.9 Å². The minimum atomic E-state index is -0.274.